The van der Waals surface area contributed by atoms with Gasteiger partial charge in [0.15, 0.2) is 11.5 Å². The molecule has 6 heteroatoms. The Morgan fingerprint density at radius 2 is 2.19 bits per heavy atom. The van der Waals surface area contributed by atoms with Gasteiger partial charge in [-0.1, -0.05) is 0 Å². The minimum atomic E-state index is -1.06. The maximum Gasteiger partial charge on any atom is 0.354 e. The van der Waals surface area contributed by atoms with Gasteiger partial charge in [0.1, 0.15) is 5.82 Å². The summed E-state index contributed by atoms with van der Waals surface area (Å²) in [7, 11) is 0. The molecule has 0 aliphatic carbocycles. The zero-order chi connectivity index (χ0) is 15.0. The lowest BCUT2D eigenvalue weighted by atomic mass is 10.0. The number of carbonyl (C=O) groups is 1. The summed E-state index contributed by atoms with van der Waals surface area (Å²) < 4.78 is 13.4. The number of nitrogens with zero attached hydrogens (tertiary/aromatic N) is 2. The molecule has 2 aromatic rings. The van der Waals surface area contributed by atoms with Gasteiger partial charge in [-0.3, -0.25) is 0 Å². The topological polar surface area (TPSA) is 75.1 Å². The molecule has 1 aliphatic rings. The van der Waals surface area contributed by atoms with Crippen molar-refractivity contribution in [1.82, 2.24) is 15.3 Å². The van der Waals surface area contributed by atoms with Crippen molar-refractivity contribution < 1.29 is 14.3 Å². The number of aromatic nitrogens is 2. The summed E-state index contributed by atoms with van der Waals surface area (Å²) in [5, 5.41) is 12.5. The second-order valence-electron chi connectivity index (χ2n) is 5.02. The SMILES string of the molecule is Cc1cc(-c2nc3c(c(C(=O)O)n2)CCNC3)ccc1F. The Bertz CT molecular complexity index is 731. The van der Waals surface area contributed by atoms with Gasteiger partial charge in [-0.15, -0.1) is 0 Å². The van der Waals surface area contributed by atoms with Gasteiger partial charge < -0.3 is 10.4 Å². The first kappa shape index (κ1) is 13.6. The lowest BCUT2D eigenvalue weighted by molar-refractivity contribution is 0.0688. The van der Waals surface area contributed by atoms with Gasteiger partial charge >= 0.3 is 5.97 Å². The number of benzene rings is 1. The third-order valence-electron chi connectivity index (χ3n) is 3.56. The highest BCUT2D eigenvalue weighted by Gasteiger charge is 2.22. The van der Waals surface area contributed by atoms with Gasteiger partial charge in [-0.05, 0) is 43.7 Å². The lowest BCUT2D eigenvalue weighted by Crippen LogP contribution is -2.27. The average molecular weight is 287 g/mol. The Morgan fingerprint density at radius 1 is 1.38 bits per heavy atom. The molecule has 3 rings (SSSR count). The molecule has 1 aliphatic heterocycles. The average Bonchev–Trinajstić information content (AvgIpc) is 2.48. The molecule has 0 radical (unpaired) electrons. The number of halogens is 1. The standard InChI is InChI=1S/C15H14FN3O2/c1-8-6-9(2-3-11(8)16)14-18-12-7-17-5-4-10(12)13(19-14)15(20)21/h2-3,6,17H,4-5,7H2,1H3,(H,20,21). The fourth-order valence-electron chi connectivity index (χ4n) is 2.45. The van der Waals surface area contributed by atoms with E-state index in [-0.39, 0.29) is 11.5 Å². The monoisotopic (exact) mass is 287 g/mol. The third kappa shape index (κ3) is 2.50. The molecule has 2 N–H and O–H groups in total. The van der Waals surface area contributed by atoms with Crippen LogP contribution in [0.5, 0.6) is 0 Å². The highest BCUT2D eigenvalue weighted by atomic mass is 19.1. The van der Waals surface area contributed by atoms with Crippen LogP contribution in [0.2, 0.25) is 0 Å². The molecule has 0 saturated heterocycles. The number of carboxylic acid groups (broad SMARTS) is 1. The van der Waals surface area contributed by atoms with Gasteiger partial charge in [0, 0.05) is 17.7 Å². The quantitative estimate of drug-likeness (QED) is 0.883. The Kier molecular flexibility index (Phi) is 3.39. The molecule has 1 aromatic heterocycles. The Hall–Kier alpha value is -2.34. The van der Waals surface area contributed by atoms with Gasteiger partial charge in [0.05, 0.1) is 5.69 Å². The van der Waals surface area contributed by atoms with E-state index in [0.717, 1.165) is 0 Å². The Balaban J connectivity index is 2.16. The van der Waals surface area contributed by atoms with Crippen LogP contribution in [0.4, 0.5) is 4.39 Å². The number of aromatic carboxylic acids is 1. The molecular weight excluding hydrogens is 273 g/mol. The van der Waals surface area contributed by atoms with Crippen LogP contribution in [0, 0.1) is 12.7 Å². The maximum atomic E-state index is 13.4. The molecule has 0 atom stereocenters. The fourth-order valence-corrected chi connectivity index (χ4v) is 2.45. The van der Waals surface area contributed by atoms with E-state index in [1.165, 1.54) is 6.07 Å². The van der Waals surface area contributed by atoms with Crippen LogP contribution in [0.3, 0.4) is 0 Å². The highest BCUT2D eigenvalue weighted by Crippen LogP contribution is 2.23. The molecular formula is C15H14FN3O2. The summed E-state index contributed by atoms with van der Waals surface area (Å²) >= 11 is 0. The zero-order valence-electron chi connectivity index (χ0n) is 11.5. The number of nitrogens with one attached hydrogen (secondary N) is 1. The number of fused-ring (bicyclic) bond motifs is 1. The van der Waals surface area contributed by atoms with E-state index in [1.54, 1.807) is 19.1 Å². The van der Waals surface area contributed by atoms with E-state index in [1.807, 2.05) is 0 Å². The van der Waals surface area contributed by atoms with E-state index in [4.69, 9.17) is 0 Å². The fraction of sp³-hybridized carbons (Fsp3) is 0.267. The molecule has 0 spiro atoms. The molecule has 0 bridgehead atoms. The molecule has 21 heavy (non-hydrogen) atoms. The molecule has 0 amide bonds. The molecule has 0 fully saturated rings. The van der Waals surface area contributed by atoms with Crippen molar-refractivity contribution in [2.75, 3.05) is 6.54 Å². The van der Waals surface area contributed by atoms with E-state index >= 15 is 0 Å². The summed E-state index contributed by atoms with van der Waals surface area (Å²) in [5.74, 6) is -1.05. The Morgan fingerprint density at radius 3 is 2.90 bits per heavy atom. The predicted octanol–water partition coefficient (Wildman–Crippen LogP) is 1.94. The van der Waals surface area contributed by atoms with Gasteiger partial charge in [-0.2, -0.15) is 0 Å². The van der Waals surface area contributed by atoms with Crippen molar-refractivity contribution in [2.45, 2.75) is 19.9 Å². The number of aryl methyl sites for hydroxylation is 1. The maximum absolute atomic E-state index is 13.4. The van der Waals surface area contributed by atoms with Crippen LogP contribution in [-0.4, -0.2) is 27.6 Å². The minimum Gasteiger partial charge on any atom is -0.476 e. The summed E-state index contributed by atoms with van der Waals surface area (Å²) in [4.78, 5) is 20.0. The van der Waals surface area contributed by atoms with Gasteiger partial charge in [0.2, 0.25) is 0 Å². The summed E-state index contributed by atoms with van der Waals surface area (Å²) in [6.07, 6.45) is 0.597. The molecule has 0 saturated carbocycles. The summed E-state index contributed by atoms with van der Waals surface area (Å²) in [6, 6.07) is 4.52. The zero-order valence-corrected chi connectivity index (χ0v) is 11.5. The summed E-state index contributed by atoms with van der Waals surface area (Å²) in [5.41, 5.74) is 2.52. The van der Waals surface area contributed by atoms with Crippen molar-refractivity contribution in [2.24, 2.45) is 0 Å². The lowest BCUT2D eigenvalue weighted by Gasteiger charge is -2.18. The predicted molar refractivity (Wildman–Crippen MR) is 74.5 cm³/mol. The second kappa shape index (κ2) is 5.21. The number of hydrogen-bond acceptors (Lipinski definition) is 4. The van der Waals surface area contributed by atoms with Crippen LogP contribution in [0.25, 0.3) is 11.4 Å². The number of rotatable bonds is 2. The molecule has 2 heterocycles. The number of hydrogen-bond donors (Lipinski definition) is 2. The summed E-state index contributed by atoms with van der Waals surface area (Å²) in [6.45, 7) is 2.88. The third-order valence-corrected chi connectivity index (χ3v) is 3.56. The van der Waals surface area contributed by atoms with Gasteiger partial charge in [-0.25, -0.2) is 19.2 Å². The highest BCUT2D eigenvalue weighted by molar-refractivity contribution is 5.88. The van der Waals surface area contributed by atoms with Crippen molar-refractivity contribution in [3.63, 3.8) is 0 Å². The smallest absolute Gasteiger partial charge is 0.354 e. The van der Waals surface area contributed by atoms with Crippen molar-refractivity contribution >= 4 is 5.97 Å². The molecule has 5 nitrogen and oxygen atoms in total. The van der Waals surface area contributed by atoms with E-state index < -0.39 is 5.97 Å². The van der Waals surface area contributed by atoms with Crippen molar-refractivity contribution in [3.05, 3.63) is 46.5 Å². The molecule has 0 unspecified atom stereocenters. The molecule has 1 aromatic carbocycles. The largest absolute Gasteiger partial charge is 0.476 e. The second-order valence-corrected chi connectivity index (χ2v) is 5.02. The number of carboxylic acids is 1. The van der Waals surface area contributed by atoms with Gasteiger partial charge in [0.25, 0.3) is 0 Å². The minimum absolute atomic E-state index is 0.0403. The first-order valence-corrected chi connectivity index (χ1v) is 6.66. The van der Waals surface area contributed by atoms with Crippen LogP contribution in [0.15, 0.2) is 18.2 Å². The van der Waals surface area contributed by atoms with E-state index in [0.29, 0.717) is 47.7 Å². The van der Waals surface area contributed by atoms with E-state index in [2.05, 4.69) is 15.3 Å². The molecule has 108 valence electrons. The first-order chi connectivity index (χ1) is 10.1. The van der Waals surface area contributed by atoms with Crippen LogP contribution < -0.4 is 5.32 Å². The normalized spacial score (nSPS) is 13.8. The van der Waals surface area contributed by atoms with Crippen molar-refractivity contribution in [1.29, 1.82) is 0 Å². The Labute approximate surface area is 120 Å². The first-order valence-electron chi connectivity index (χ1n) is 6.66. The van der Waals surface area contributed by atoms with Crippen molar-refractivity contribution in [3.8, 4) is 11.4 Å². The van der Waals surface area contributed by atoms with Crippen LogP contribution in [-0.2, 0) is 13.0 Å². The van der Waals surface area contributed by atoms with E-state index in [9.17, 15) is 14.3 Å². The van der Waals surface area contributed by atoms with Crippen LogP contribution in [0.1, 0.15) is 27.3 Å². The van der Waals surface area contributed by atoms with Crippen LogP contribution >= 0.6 is 0 Å².